The number of hydrogen-bond donors (Lipinski definition) is 0. The number of halogens is 3. The lowest BCUT2D eigenvalue weighted by Gasteiger charge is -2.07. The van der Waals surface area contributed by atoms with Crippen LogP contribution in [0.1, 0.15) is 6.92 Å². The lowest BCUT2D eigenvalue weighted by molar-refractivity contribution is -0.169. The molecule has 0 fully saturated rings. The first-order chi connectivity index (χ1) is 6.84. The van der Waals surface area contributed by atoms with Crippen LogP contribution < -0.4 is 0 Å². The highest BCUT2D eigenvalue weighted by molar-refractivity contribution is 6.19. The second kappa shape index (κ2) is 5.38. The molecule has 0 aliphatic carbocycles. The lowest BCUT2D eigenvalue weighted by atomic mass is 10.2. The van der Waals surface area contributed by atoms with Crippen molar-refractivity contribution in [3.05, 3.63) is 11.8 Å². The van der Waals surface area contributed by atoms with Crippen LogP contribution in [-0.2, 0) is 19.1 Å². The average molecular weight is 226 g/mol. The van der Waals surface area contributed by atoms with Crippen molar-refractivity contribution in [3.63, 3.8) is 0 Å². The second-order valence-electron chi connectivity index (χ2n) is 2.31. The van der Waals surface area contributed by atoms with Crippen LogP contribution in [0.3, 0.4) is 0 Å². The van der Waals surface area contributed by atoms with Crippen molar-refractivity contribution >= 4 is 11.8 Å². The number of carbonyl (C=O) groups is 2. The number of methoxy groups -OCH3 is 1. The van der Waals surface area contributed by atoms with E-state index in [0.29, 0.717) is 6.26 Å². The molecule has 0 unspecified atom stereocenters. The minimum absolute atomic E-state index is 0.134. The van der Waals surface area contributed by atoms with Gasteiger partial charge in [0.25, 0.3) is 5.78 Å². The van der Waals surface area contributed by atoms with E-state index in [9.17, 15) is 22.8 Å². The highest BCUT2D eigenvalue weighted by Gasteiger charge is 2.43. The van der Waals surface area contributed by atoms with Crippen molar-refractivity contribution in [3.8, 4) is 0 Å². The van der Waals surface area contributed by atoms with Gasteiger partial charge in [0.1, 0.15) is 11.8 Å². The van der Waals surface area contributed by atoms with E-state index in [4.69, 9.17) is 0 Å². The Bertz CT molecular complexity index is 280. The average Bonchev–Trinajstić information content (AvgIpc) is 2.12. The number of Topliss-reactive ketones (excluding diaryl/α,β-unsaturated/α-hetero) is 1. The maximum atomic E-state index is 12.0. The van der Waals surface area contributed by atoms with Crippen molar-refractivity contribution < 1.29 is 32.2 Å². The molecule has 0 aromatic carbocycles. The Balaban J connectivity index is 4.92. The van der Waals surface area contributed by atoms with Gasteiger partial charge in [-0.05, 0) is 6.92 Å². The smallest absolute Gasteiger partial charge is 0.455 e. The van der Waals surface area contributed by atoms with Crippen LogP contribution >= 0.6 is 0 Å². The minimum Gasteiger partial charge on any atom is -0.503 e. The van der Waals surface area contributed by atoms with E-state index in [0.717, 1.165) is 7.11 Å². The third kappa shape index (κ3) is 4.01. The molecule has 0 rings (SSSR count). The van der Waals surface area contributed by atoms with Gasteiger partial charge in [0.15, 0.2) is 0 Å². The van der Waals surface area contributed by atoms with Crippen LogP contribution in [-0.4, -0.2) is 31.6 Å². The molecule has 0 amide bonds. The van der Waals surface area contributed by atoms with E-state index in [1.807, 2.05) is 0 Å². The first-order valence-electron chi connectivity index (χ1n) is 3.86. The van der Waals surface area contributed by atoms with Crippen molar-refractivity contribution in [2.24, 2.45) is 0 Å². The summed E-state index contributed by atoms with van der Waals surface area (Å²) in [6, 6.07) is 0. The fourth-order valence-electron chi connectivity index (χ4n) is 0.674. The first kappa shape index (κ1) is 13.5. The zero-order chi connectivity index (χ0) is 12.1. The predicted octanol–water partition coefficient (Wildman–Crippen LogP) is 1.21. The standard InChI is InChI=1S/C8H9F3O4/c1-3-15-7(13)5(4-14-2)6(12)8(9,10)11/h4H,3H2,1-2H3. The maximum absolute atomic E-state index is 12.0. The predicted molar refractivity (Wildman–Crippen MR) is 42.8 cm³/mol. The van der Waals surface area contributed by atoms with Crippen molar-refractivity contribution in [2.75, 3.05) is 13.7 Å². The summed E-state index contributed by atoms with van der Waals surface area (Å²) in [7, 11) is 1.02. The van der Waals surface area contributed by atoms with Gasteiger partial charge >= 0.3 is 12.1 Å². The molecule has 7 heteroatoms. The molecule has 0 saturated heterocycles. The molecule has 0 aromatic rings. The van der Waals surface area contributed by atoms with Crippen LogP contribution in [0.25, 0.3) is 0 Å². The molecule has 0 saturated carbocycles. The van der Waals surface area contributed by atoms with Crippen LogP contribution in [0.4, 0.5) is 13.2 Å². The number of carbonyl (C=O) groups excluding carboxylic acids is 2. The Hall–Kier alpha value is -1.53. The zero-order valence-corrected chi connectivity index (χ0v) is 8.05. The number of ketones is 1. The lowest BCUT2D eigenvalue weighted by Crippen LogP contribution is -2.29. The monoisotopic (exact) mass is 226 g/mol. The van der Waals surface area contributed by atoms with Crippen LogP contribution in [0.2, 0.25) is 0 Å². The van der Waals surface area contributed by atoms with Gasteiger partial charge in [-0.15, -0.1) is 0 Å². The van der Waals surface area contributed by atoms with Gasteiger partial charge in [-0.3, -0.25) is 4.79 Å². The Kier molecular flexibility index (Phi) is 4.83. The minimum atomic E-state index is -5.13. The number of esters is 1. The summed E-state index contributed by atoms with van der Waals surface area (Å²) in [5.74, 6) is -3.65. The third-order valence-corrected chi connectivity index (χ3v) is 1.23. The van der Waals surface area contributed by atoms with Gasteiger partial charge in [0.2, 0.25) is 0 Å². The fourth-order valence-corrected chi connectivity index (χ4v) is 0.674. The highest BCUT2D eigenvalue weighted by atomic mass is 19.4. The van der Waals surface area contributed by atoms with Crippen molar-refractivity contribution in [1.29, 1.82) is 0 Å². The Labute approximate surface area is 83.7 Å². The Morgan fingerprint density at radius 1 is 1.33 bits per heavy atom. The molecule has 0 atom stereocenters. The number of rotatable bonds is 4. The maximum Gasteiger partial charge on any atom is 0.455 e. The van der Waals surface area contributed by atoms with E-state index in [1.54, 1.807) is 0 Å². The summed E-state index contributed by atoms with van der Waals surface area (Å²) in [4.78, 5) is 21.6. The highest BCUT2D eigenvalue weighted by Crippen LogP contribution is 2.21. The van der Waals surface area contributed by atoms with E-state index >= 15 is 0 Å². The Morgan fingerprint density at radius 3 is 2.20 bits per heavy atom. The molecule has 15 heavy (non-hydrogen) atoms. The summed E-state index contributed by atoms with van der Waals surface area (Å²) >= 11 is 0. The summed E-state index contributed by atoms with van der Waals surface area (Å²) < 4.78 is 44.4. The van der Waals surface area contributed by atoms with E-state index in [2.05, 4.69) is 9.47 Å². The number of ether oxygens (including phenoxy) is 2. The zero-order valence-electron chi connectivity index (χ0n) is 8.05. The molecule has 0 heterocycles. The van der Waals surface area contributed by atoms with Gasteiger partial charge in [-0.25, -0.2) is 4.79 Å². The normalized spacial score (nSPS) is 12.2. The molecule has 4 nitrogen and oxygen atoms in total. The molecule has 0 aliphatic heterocycles. The van der Waals surface area contributed by atoms with Gasteiger partial charge in [-0.2, -0.15) is 13.2 Å². The molecule has 0 aliphatic rings. The Morgan fingerprint density at radius 2 is 1.87 bits per heavy atom. The molecule has 86 valence electrons. The van der Waals surface area contributed by atoms with Crippen LogP contribution in [0.5, 0.6) is 0 Å². The summed E-state index contributed by atoms with van der Waals surface area (Å²) in [6.07, 6.45) is -4.72. The molecule has 0 N–H and O–H groups in total. The SMILES string of the molecule is CCOC(=O)C(=COC)C(=O)C(F)(F)F. The number of alkyl halides is 3. The molecule has 0 spiro atoms. The van der Waals surface area contributed by atoms with Gasteiger partial charge in [-0.1, -0.05) is 0 Å². The van der Waals surface area contributed by atoms with E-state index in [1.165, 1.54) is 6.92 Å². The second-order valence-corrected chi connectivity index (χ2v) is 2.31. The molecular formula is C8H9F3O4. The molecule has 0 bridgehead atoms. The molecule has 0 aromatic heterocycles. The molecule has 0 radical (unpaired) electrons. The summed E-state index contributed by atoms with van der Waals surface area (Å²) in [5.41, 5.74) is -1.17. The van der Waals surface area contributed by atoms with Gasteiger partial charge in [0.05, 0.1) is 13.7 Å². The third-order valence-electron chi connectivity index (χ3n) is 1.23. The quantitative estimate of drug-likeness (QED) is 0.238. The fraction of sp³-hybridized carbons (Fsp3) is 0.500. The van der Waals surface area contributed by atoms with Crippen LogP contribution in [0.15, 0.2) is 11.8 Å². The molecular weight excluding hydrogens is 217 g/mol. The topological polar surface area (TPSA) is 52.6 Å². The summed E-state index contributed by atoms with van der Waals surface area (Å²) in [6.45, 7) is 1.27. The van der Waals surface area contributed by atoms with Crippen molar-refractivity contribution in [1.82, 2.24) is 0 Å². The van der Waals surface area contributed by atoms with Crippen molar-refractivity contribution in [2.45, 2.75) is 13.1 Å². The first-order valence-corrected chi connectivity index (χ1v) is 3.86. The van der Waals surface area contributed by atoms with E-state index in [-0.39, 0.29) is 6.61 Å². The summed E-state index contributed by atoms with van der Waals surface area (Å²) in [5, 5.41) is 0. The van der Waals surface area contributed by atoms with Gasteiger partial charge < -0.3 is 9.47 Å². The van der Waals surface area contributed by atoms with Gasteiger partial charge in [0, 0.05) is 0 Å². The van der Waals surface area contributed by atoms with E-state index < -0.39 is 23.5 Å². The van der Waals surface area contributed by atoms with Crippen LogP contribution in [0, 0.1) is 0 Å². The number of hydrogen-bond acceptors (Lipinski definition) is 4. The largest absolute Gasteiger partial charge is 0.503 e.